The second-order valence-electron chi connectivity index (χ2n) is 8.32. The van der Waals surface area contributed by atoms with Gasteiger partial charge in [0.15, 0.2) is 0 Å². The first-order chi connectivity index (χ1) is 13.2. The molecule has 6 nitrogen and oxygen atoms in total. The summed E-state index contributed by atoms with van der Waals surface area (Å²) in [6, 6.07) is 2.98. The van der Waals surface area contributed by atoms with Crippen LogP contribution in [0.5, 0.6) is 0 Å². The van der Waals surface area contributed by atoms with E-state index in [-0.39, 0.29) is 16.4 Å². The highest BCUT2D eigenvalue weighted by Gasteiger charge is 2.28. The predicted octanol–water partition coefficient (Wildman–Crippen LogP) is 3.55. The number of hydrogen-bond donors (Lipinski definition) is 1. The normalized spacial score (nSPS) is 16.6. The van der Waals surface area contributed by atoms with Crippen molar-refractivity contribution in [2.75, 3.05) is 18.0 Å². The number of carbonyl (C=O) groups is 1. The molecule has 1 aliphatic rings. The van der Waals surface area contributed by atoms with Crippen molar-refractivity contribution in [2.24, 2.45) is 12.5 Å². The fourth-order valence-electron chi connectivity index (χ4n) is 4.18. The highest BCUT2D eigenvalue weighted by molar-refractivity contribution is 6.07. The summed E-state index contributed by atoms with van der Waals surface area (Å²) in [7, 11) is 1.64. The maximum Gasteiger partial charge on any atom is 0.341 e. The molecule has 2 aromatic heterocycles. The fraction of sp³-hybridized carbons (Fsp3) is 0.381. The third kappa shape index (κ3) is 2.91. The lowest BCUT2D eigenvalue weighted by Crippen LogP contribution is -2.40. The quantitative estimate of drug-likeness (QED) is 0.685. The lowest BCUT2D eigenvalue weighted by molar-refractivity contribution is 0.0695. The largest absolute Gasteiger partial charge is 0.477 e. The number of hydrogen-bond acceptors (Lipinski definition) is 4. The van der Waals surface area contributed by atoms with Gasteiger partial charge in [-0.15, -0.1) is 0 Å². The van der Waals surface area contributed by atoms with Crippen LogP contribution < -0.4 is 10.3 Å². The van der Waals surface area contributed by atoms with Crippen LogP contribution in [0.1, 0.15) is 37.0 Å². The van der Waals surface area contributed by atoms with E-state index in [2.05, 4.69) is 18.8 Å². The van der Waals surface area contributed by atoms with Gasteiger partial charge in [0.05, 0.1) is 28.3 Å². The minimum atomic E-state index is -1.31. The number of aromatic carboxylic acids is 1. The van der Waals surface area contributed by atoms with Crippen LogP contribution >= 0.6 is 0 Å². The van der Waals surface area contributed by atoms with Gasteiger partial charge < -0.3 is 14.6 Å². The average molecular weight is 383 g/mol. The molecule has 7 heteroatoms. The topological polar surface area (TPSA) is 75.4 Å². The molecule has 0 atom stereocenters. The van der Waals surface area contributed by atoms with Crippen molar-refractivity contribution in [3.8, 4) is 0 Å². The number of benzene rings is 1. The Hall–Kier alpha value is -2.96. The Bertz CT molecular complexity index is 1180. The zero-order valence-corrected chi connectivity index (χ0v) is 16.1. The molecule has 1 aromatic carbocycles. The van der Waals surface area contributed by atoms with Gasteiger partial charge in [0.25, 0.3) is 0 Å². The summed E-state index contributed by atoms with van der Waals surface area (Å²) in [6.07, 6.45) is 4.88. The van der Waals surface area contributed by atoms with E-state index in [1.54, 1.807) is 13.1 Å². The number of pyridine rings is 2. The number of anilines is 1. The van der Waals surface area contributed by atoms with Crippen molar-refractivity contribution >= 4 is 33.5 Å². The molecule has 3 heterocycles. The van der Waals surface area contributed by atoms with Crippen molar-refractivity contribution in [3.05, 3.63) is 46.1 Å². The van der Waals surface area contributed by atoms with Crippen LogP contribution in [0.15, 0.2) is 29.3 Å². The minimum absolute atomic E-state index is 0.1000. The monoisotopic (exact) mass is 383 g/mol. The van der Waals surface area contributed by atoms with Crippen LogP contribution in [0.4, 0.5) is 10.1 Å². The maximum atomic E-state index is 15.1. The minimum Gasteiger partial charge on any atom is -0.477 e. The zero-order valence-electron chi connectivity index (χ0n) is 16.1. The molecule has 0 bridgehead atoms. The molecular weight excluding hydrogens is 361 g/mol. The van der Waals surface area contributed by atoms with Crippen LogP contribution in [0.25, 0.3) is 21.8 Å². The van der Waals surface area contributed by atoms with Gasteiger partial charge in [-0.3, -0.25) is 9.78 Å². The van der Waals surface area contributed by atoms with E-state index >= 15 is 4.39 Å². The number of carboxylic acid groups (broad SMARTS) is 1. The Morgan fingerprint density at radius 3 is 2.75 bits per heavy atom. The van der Waals surface area contributed by atoms with Gasteiger partial charge in [-0.1, -0.05) is 13.8 Å². The van der Waals surface area contributed by atoms with Crippen LogP contribution in [-0.4, -0.2) is 33.7 Å². The summed E-state index contributed by atoms with van der Waals surface area (Å²) in [6.45, 7) is 5.85. The molecule has 0 unspecified atom stereocenters. The number of fused-ring (bicyclic) bond motifs is 3. The number of rotatable bonds is 2. The summed E-state index contributed by atoms with van der Waals surface area (Å²) in [5.41, 5.74) is 0.547. The summed E-state index contributed by atoms with van der Waals surface area (Å²) in [4.78, 5) is 30.6. The highest BCUT2D eigenvalue weighted by Crippen LogP contribution is 2.35. The summed E-state index contributed by atoms with van der Waals surface area (Å²) < 4.78 is 16.6. The second kappa shape index (κ2) is 6.29. The lowest BCUT2D eigenvalue weighted by Gasteiger charge is -2.39. The van der Waals surface area contributed by atoms with Gasteiger partial charge in [0, 0.05) is 31.7 Å². The maximum absolute atomic E-state index is 15.1. The third-order valence-electron chi connectivity index (χ3n) is 5.56. The molecule has 0 amide bonds. The molecule has 1 fully saturated rings. The van der Waals surface area contributed by atoms with Gasteiger partial charge in [-0.25, -0.2) is 9.18 Å². The van der Waals surface area contributed by atoms with Crippen molar-refractivity contribution in [1.82, 2.24) is 9.55 Å². The number of halogens is 1. The number of nitrogens with zero attached hydrogens (tertiary/aromatic N) is 3. The van der Waals surface area contributed by atoms with Gasteiger partial charge in [-0.05, 0) is 30.4 Å². The molecule has 1 saturated heterocycles. The Labute approximate surface area is 161 Å². The third-order valence-corrected chi connectivity index (χ3v) is 5.56. The Balaban J connectivity index is 1.97. The molecule has 0 saturated carbocycles. The molecular formula is C21H22FN3O3. The van der Waals surface area contributed by atoms with Crippen molar-refractivity contribution in [3.63, 3.8) is 0 Å². The van der Waals surface area contributed by atoms with Crippen LogP contribution in [-0.2, 0) is 7.05 Å². The smallest absolute Gasteiger partial charge is 0.341 e. The lowest BCUT2D eigenvalue weighted by atomic mass is 9.84. The highest BCUT2D eigenvalue weighted by atomic mass is 19.1. The van der Waals surface area contributed by atoms with E-state index in [9.17, 15) is 14.7 Å². The van der Waals surface area contributed by atoms with E-state index in [1.165, 1.54) is 23.0 Å². The van der Waals surface area contributed by atoms with E-state index in [0.29, 0.717) is 22.1 Å². The van der Waals surface area contributed by atoms with Gasteiger partial charge in [-0.2, -0.15) is 0 Å². The van der Waals surface area contributed by atoms with E-state index in [0.717, 1.165) is 25.9 Å². The Morgan fingerprint density at radius 2 is 2.07 bits per heavy atom. The van der Waals surface area contributed by atoms with Crippen molar-refractivity contribution in [1.29, 1.82) is 0 Å². The SMILES string of the molecule is Cn1cc(C(=O)O)c(=O)c2c3cc(F)c(N4CCCC(C)(C)C4)cc3ncc21. The number of aromatic nitrogens is 2. The van der Waals surface area contributed by atoms with Crippen LogP contribution in [0.2, 0.25) is 0 Å². The summed E-state index contributed by atoms with van der Waals surface area (Å²) in [5, 5.41) is 9.84. The first kappa shape index (κ1) is 18.4. The van der Waals surface area contributed by atoms with Crippen LogP contribution in [0.3, 0.4) is 0 Å². The standard InChI is InChI=1S/C21H22FN3O3/c1-21(2)5-4-6-25(11-21)16-8-15-12(7-14(16)22)18-17(9-23-15)24(3)10-13(19(18)26)20(27)28/h7-10H,4-6,11H2,1-3H3,(H,27,28). The second-order valence-corrected chi connectivity index (χ2v) is 8.32. The summed E-state index contributed by atoms with van der Waals surface area (Å²) in [5.74, 6) is -1.73. The van der Waals surface area contributed by atoms with Crippen LogP contribution in [0, 0.1) is 11.2 Å². The van der Waals surface area contributed by atoms with Gasteiger partial charge in [0.1, 0.15) is 11.4 Å². The molecule has 146 valence electrons. The average Bonchev–Trinajstić information content (AvgIpc) is 2.62. The molecule has 1 N–H and O–H groups in total. The Kier molecular flexibility index (Phi) is 4.14. The molecule has 3 aromatic rings. The molecule has 0 radical (unpaired) electrons. The number of carboxylic acids is 1. The van der Waals surface area contributed by atoms with E-state index in [1.807, 2.05) is 4.90 Å². The molecule has 0 aliphatic carbocycles. The Morgan fingerprint density at radius 1 is 1.32 bits per heavy atom. The van der Waals surface area contributed by atoms with Gasteiger partial charge in [0.2, 0.25) is 5.43 Å². The molecule has 28 heavy (non-hydrogen) atoms. The van der Waals surface area contributed by atoms with E-state index < -0.39 is 17.2 Å². The fourth-order valence-corrected chi connectivity index (χ4v) is 4.18. The van der Waals surface area contributed by atoms with Gasteiger partial charge >= 0.3 is 5.97 Å². The first-order valence-corrected chi connectivity index (χ1v) is 9.28. The number of aryl methyl sites for hydroxylation is 1. The molecule has 4 rings (SSSR count). The number of piperidine rings is 1. The predicted molar refractivity (Wildman–Crippen MR) is 107 cm³/mol. The van der Waals surface area contributed by atoms with E-state index in [4.69, 9.17) is 0 Å². The summed E-state index contributed by atoms with van der Waals surface area (Å²) >= 11 is 0. The zero-order chi connectivity index (χ0) is 20.2. The molecule has 0 spiro atoms. The first-order valence-electron chi connectivity index (χ1n) is 9.28. The molecule has 1 aliphatic heterocycles. The van der Waals surface area contributed by atoms with Crippen molar-refractivity contribution in [2.45, 2.75) is 26.7 Å². The van der Waals surface area contributed by atoms with Crippen molar-refractivity contribution < 1.29 is 14.3 Å².